The number of nitrogen functional groups attached to an aromatic ring is 1. The summed E-state index contributed by atoms with van der Waals surface area (Å²) < 4.78 is 66.4. The quantitative estimate of drug-likeness (QED) is 0.627. The maximum absolute atomic E-state index is 12.9. The number of amides is 1. The lowest BCUT2D eigenvalue weighted by atomic mass is 10.2. The second-order valence-electron chi connectivity index (χ2n) is 4.24. The maximum atomic E-state index is 12.9. The van der Waals surface area contributed by atoms with Gasteiger partial charge in [-0.2, -0.15) is 8.78 Å². The van der Waals surface area contributed by atoms with Crippen molar-refractivity contribution < 1.29 is 31.5 Å². The lowest BCUT2D eigenvalue weighted by molar-refractivity contribution is -0.176. The molecule has 0 aromatic heterocycles. The summed E-state index contributed by atoms with van der Waals surface area (Å²) in [5.74, 6) is -5.88. The highest BCUT2D eigenvalue weighted by atomic mass is 19.3. The van der Waals surface area contributed by atoms with Crippen LogP contribution < -0.4 is 11.1 Å². The van der Waals surface area contributed by atoms with E-state index in [0.29, 0.717) is 0 Å². The van der Waals surface area contributed by atoms with Gasteiger partial charge in [-0.15, -0.1) is 0 Å². The van der Waals surface area contributed by atoms with E-state index in [-0.39, 0.29) is 11.4 Å². The number of carbonyl (C=O) groups excluding carboxylic acids is 1. The number of alkyl halides is 4. The summed E-state index contributed by atoms with van der Waals surface area (Å²) in [5, 5.41) is 2.23. The molecule has 0 aliphatic rings. The highest BCUT2D eigenvalue weighted by Crippen LogP contribution is 2.23. The van der Waals surface area contributed by atoms with Crippen LogP contribution in [0.25, 0.3) is 0 Å². The summed E-state index contributed by atoms with van der Waals surface area (Å²) in [6.07, 6.45) is -5.29. The molecule has 0 spiro atoms. The lowest BCUT2D eigenvalue weighted by Gasteiger charge is -2.18. The van der Waals surface area contributed by atoms with Crippen molar-refractivity contribution in [2.24, 2.45) is 0 Å². The summed E-state index contributed by atoms with van der Waals surface area (Å²) in [7, 11) is 0. The van der Waals surface area contributed by atoms with Crippen molar-refractivity contribution in [3.05, 3.63) is 24.0 Å². The number of anilines is 2. The van der Waals surface area contributed by atoms with Crippen molar-refractivity contribution >= 4 is 17.3 Å². The first-order valence-electron chi connectivity index (χ1n) is 5.77. The SMILES string of the molecule is CC(OCC(F)(F)C(F)F)C(=O)Nc1ccc(F)c(N)c1. The van der Waals surface area contributed by atoms with Gasteiger partial charge in [0.2, 0.25) is 0 Å². The molecular weight excluding hydrogens is 299 g/mol. The molecule has 1 aromatic rings. The number of halogens is 5. The van der Waals surface area contributed by atoms with E-state index in [1.807, 2.05) is 0 Å². The first kappa shape index (κ1) is 17.2. The van der Waals surface area contributed by atoms with Crippen LogP contribution in [0, 0.1) is 5.82 Å². The van der Waals surface area contributed by atoms with Gasteiger partial charge in [0.1, 0.15) is 18.5 Å². The second kappa shape index (κ2) is 6.70. The van der Waals surface area contributed by atoms with Gasteiger partial charge in [0.05, 0.1) is 5.69 Å². The molecule has 0 radical (unpaired) electrons. The molecule has 0 saturated heterocycles. The molecule has 1 aromatic carbocycles. The van der Waals surface area contributed by atoms with Crippen molar-refractivity contribution in [3.8, 4) is 0 Å². The molecule has 21 heavy (non-hydrogen) atoms. The van der Waals surface area contributed by atoms with Crippen molar-refractivity contribution in [3.63, 3.8) is 0 Å². The van der Waals surface area contributed by atoms with Gasteiger partial charge in [0.15, 0.2) is 0 Å². The van der Waals surface area contributed by atoms with Crippen molar-refractivity contribution in [1.29, 1.82) is 0 Å². The summed E-state index contributed by atoms with van der Waals surface area (Å²) in [6, 6.07) is 3.32. The number of nitrogens with two attached hydrogens (primary N) is 1. The van der Waals surface area contributed by atoms with Gasteiger partial charge in [-0.25, -0.2) is 13.2 Å². The predicted octanol–water partition coefficient (Wildman–Crippen LogP) is 2.65. The van der Waals surface area contributed by atoms with E-state index in [0.717, 1.165) is 19.1 Å². The molecule has 0 bridgehead atoms. The minimum absolute atomic E-state index is 0.120. The topological polar surface area (TPSA) is 64.3 Å². The molecule has 1 atom stereocenters. The smallest absolute Gasteiger partial charge is 0.330 e. The molecule has 0 fully saturated rings. The Morgan fingerprint density at radius 1 is 1.43 bits per heavy atom. The zero-order chi connectivity index (χ0) is 16.2. The molecule has 118 valence electrons. The molecular formula is C12H13F5N2O2. The molecule has 9 heteroatoms. The van der Waals surface area contributed by atoms with Crippen LogP contribution in [0.3, 0.4) is 0 Å². The van der Waals surface area contributed by atoms with E-state index >= 15 is 0 Å². The lowest BCUT2D eigenvalue weighted by Crippen LogP contribution is -2.37. The number of carbonyl (C=O) groups is 1. The Bertz CT molecular complexity index is 510. The molecule has 1 amide bonds. The molecule has 1 rings (SSSR count). The Kier molecular flexibility index (Phi) is 5.47. The van der Waals surface area contributed by atoms with Crippen LogP contribution in [0.2, 0.25) is 0 Å². The second-order valence-corrected chi connectivity index (χ2v) is 4.24. The standard InChI is InChI=1S/C12H13F5N2O2/c1-6(21-5-12(16,17)11(14)15)10(20)19-7-2-3-8(13)9(18)4-7/h2-4,6,11H,5,18H2,1H3,(H,19,20). The summed E-state index contributed by atoms with van der Waals surface area (Å²) in [6.45, 7) is -0.478. The summed E-state index contributed by atoms with van der Waals surface area (Å²) in [4.78, 5) is 11.6. The molecule has 1 unspecified atom stereocenters. The Labute approximate surface area is 117 Å². The predicted molar refractivity (Wildman–Crippen MR) is 65.8 cm³/mol. The van der Waals surface area contributed by atoms with Crippen LogP contribution in [0.5, 0.6) is 0 Å². The average molecular weight is 312 g/mol. The van der Waals surface area contributed by atoms with Crippen LogP contribution in [-0.2, 0) is 9.53 Å². The average Bonchev–Trinajstić information content (AvgIpc) is 2.40. The fraction of sp³-hybridized carbons (Fsp3) is 0.417. The third-order valence-electron chi connectivity index (χ3n) is 2.48. The number of hydrogen-bond acceptors (Lipinski definition) is 3. The fourth-order valence-electron chi connectivity index (χ4n) is 1.24. The van der Waals surface area contributed by atoms with Crippen LogP contribution >= 0.6 is 0 Å². The first-order chi connectivity index (χ1) is 9.63. The third kappa shape index (κ3) is 4.85. The monoisotopic (exact) mass is 312 g/mol. The third-order valence-corrected chi connectivity index (χ3v) is 2.48. The van der Waals surface area contributed by atoms with Gasteiger partial charge in [0.25, 0.3) is 5.91 Å². The number of benzene rings is 1. The number of ether oxygens (including phenoxy) is 1. The number of nitrogens with one attached hydrogen (secondary N) is 1. The molecule has 0 aliphatic carbocycles. The molecule has 0 saturated carbocycles. The van der Waals surface area contributed by atoms with Crippen molar-refractivity contribution in [2.75, 3.05) is 17.7 Å². The maximum Gasteiger partial charge on any atom is 0.330 e. The molecule has 0 heterocycles. The van der Waals surface area contributed by atoms with Gasteiger partial charge in [0, 0.05) is 5.69 Å². The molecule has 4 nitrogen and oxygen atoms in total. The Balaban J connectivity index is 2.57. The normalized spacial score (nSPS) is 13.3. The first-order valence-corrected chi connectivity index (χ1v) is 5.77. The fourth-order valence-corrected chi connectivity index (χ4v) is 1.24. The minimum Gasteiger partial charge on any atom is -0.396 e. The van der Waals surface area contributed by atoms with E-state index in [2.05, 4.69) is 10.1 Å². The number of rotatable bonds is 6. The largest absolute Gasteiger partial charge is 0.396 e. The molecule has 3 N–H and O–H groups in total. The van der Waals surface area contributed by atoms with Crippen molar-refractivity contribution in [2.45, 2.75) is 25.4 Å². The van der Waals surface area contributed by atoms with E-state index in [9.17, 15) is 26.7 Å². The van der Waals surface area contributed by atoms with Crippen LogP contribution in [0.4, 0.5) is 33.3 Å². The van der Waals surface area contributed by atoms with Gasteiger partial charge in [-0.05, 0) is 25.1 Å². The van der Waals surface area contributed by atoms with Gasteiger partial charge < -0.3 is 15.8 Å². The van der Waals surface area contributed by atoms with E-state index in [4.69, 9.17) is 5.73 Å². The zero-order valence-electron chi connectivity index (χ0n) is 10.9. The Hall–Kier alpha value is -1.90. The van der Waals surface area contributed by atoms with Gasteiger partial charge in [-0.3, -0.25) is 4.79 Å². The van der Waals surface area contributed by atoms with Crippen molar-refractivity contribution in [1.82, 2.24) is 0 Å². The highest BCUT2D eigenvalue weighted by molar-refractivity contribution is 5.94. The Morgan fingerprint density at radius 3 is 2.57 bits per heavy atom. The van der Waals surface area contributed by atoms with Crippen LogP contribution in [0.1, 0.15) is 6.92 Å². The Morgan fingerprint density at radius 2 is 2.05 bits per heavy atom. The van der Waals surface area contributed by atoms with Crippen LogP contribution in [-0.4, -0.2) is 31.0 Å². The van der Waals surface area contributed by atoms with E-state index in [1.54, 1.807) is 0 Å². The van der Waals surface area contributed by atoms with E-state index in [1.165, 1.54) is 6.07 Å². The summed E-state index contributed by atoms with van der Waals surface area (Å²) >= 11 is 0. The van der Waals surface area contributed by atoms with Crippen LogP contribution in [0.15, 0.2) is 18.2 Å². The molecule has 0 aliphatic heterocycles. The highest BCUT2D eigenvalue weighted by Gasteiger charge is 2.41. The zero-order valence-corrected chi connectivity index (χ0v) is 10.9. The number of hydrogen-bond donors (Lipinski definition) is 2. The summed E-state index contributed by atoms with van der Waals surface area (Å²) in [5.41, 5.74) is 5.18. The minimum atomic E-state index is -4.34. The van der Waals surface area contributed by atoms with E-state index < -0.39 is 36.8 Å². The van der Waals surface area contributed by atoms with Gasteiger partial charge >= 0.3 is 12.3 Å². The van der Waals surface area contributed by atoms with Gasteiger partial charge in [-0.1, -0.05) is 0 Å².